The predicted molar refractivity (Wildman–Crippen MR) is 130 cm³/mol. The van der Waals surface area contributed by atoms with Gasteiger partial charge in [0.25, 0.3) is 5.91 Å². The summed E-state index contributed by atoms with van der Waals surface area (Å²) < 4.78 is 5.85. The average molecular weight is 514 g/mol. The number of phenolic OH excluding ortho intramolecular Hbond substituents is 2. The number of aromatic nitrogens is 2. The summed E-state index contributed by atoms with van der Waals surface area (Å²) in [5.41, 5.74) is 4.80. The molecule has 0 spiro atoms. The first-order valence-corrected chi connectivity index (χ1v) is 11.8. The van der Waals surface area contributed by atoms with Crippen molar-refractivity contribution in [3.05, 3.63) is 56.7 Å². The zero-order valence-electron chi connectivity index (χ0n) is 19.2. The maximum atomic E-state index is 13.4. The number of aryl methyl sites for hydroxylation is 2. The molecule has 4 rings (SSSR count). The van der Waals surface area contributed by atoms with E-state index in [1.54, 1.807) is 12.1 Å². The highest BCUT2D eigenvalue weighted by Crippen LogP contribution is 2.47. The van der Waals surface area contributed by atoms with Crippen LogP contribution in [-0.2, 0) is 0 Å². The molecule has 0 bridgehead atoms. The number of aromatic hydroxyl groups is 2. The maximum absolute atomic E-state index is 13.4. The van der Waals surface area contributed by atoms with E-state index in [9.17, 15) is 15.0 Å². The molecule has 1 aliphatic heterocycles. The van der Waals surface area contributed by atoms with Gasteiger partial charge >= 0.3 is 0 Å². The standard InChI is InChI=1S/C25H28BrN3O4/c1-5-6-7-8-29-22(15-11-17(26)24(31)18(12-15)33-4)19-20(27-28-21(19)25(29)32)16-10-13(2)9-14(3)23(16)30/h9-12,22,30-31H,5-8H2,1-4H3,(H,27,28). The highest BCUT2D eigenvalue weighted by atomic mass is 79.9. The second-order valence-electron chi connectivity index (χ2n) is 8.50. The Hall–Kier alpha value is -3.00. The lowest BCUT2D eigenvalue weighted by Gasteiger charge is -2.27. The fourth-order valence-corrected chi connectivity index (χ4v) is 5.02. The summed E-state index contributed by atoms with van der Waals surface area (Å²) >= 11 is 3.41. The van der Waals surface area contributed by atoms with Gasteiger partial charge < -0.3 is 19.8 Å². The van der Waals surface area contributed by atoms with Crippen LogP contribution in [0.2, 0.25) is 0 Å². The number of halogens is 1. The zero-order valence-corrected chi connectivity index (χ0v) is 20.8. The van der Waals surface area contributed by atoms with Gasteiger partial charge in [0, 0.05) is 17.7 Å². The number of phenols is 2. The number of amides is 1. The van der Waals surface area contributed by atoms with Crippen LogP contribution in [0.25, 0.3) is 11.3 Å². The van der Waals surface area contributed by atoms with Gasteiger partial charge in [-0.15, -0.1) is 0 Å². The van der Waals surface area contributed by atoms with Gasteiger partial charge in [-0.2, -0.15) is 5.10 Å². The summed E-state index contributed by atoms with van der Waals surface area (Å²) in [6, 6.07) is 6.90. The number of nitrogens with one attached hydrogen (secondary N) is 1. The van der Waals surface area contributed by atoms with E-state index in [2.05, 4.69) is 33.1 Å². The maximum Gasteiger partial charge on any atom is 0.273 e. The van der Waals surface area contributed by atoms with E-state index in [1.165, 1.54) is 7.11 Å². The topological polar surface area (TPSA) is 98.7 Å². The summed E-state index contributed by atoms with van der Waals surface area (Å²) in [7, 11) is 1.49. The summed E-state index contributed by atoms with van der Waals surface area (Å²) in [6.07, 6.45) is 2.92. The Morgan fingerprint density at radius 1 is 1.15 bits per heavy atom. The minimum Gasteiger partial charge on any atom is -0.507 e. The monoisotopic (exact) mass is 513 g/mol. The molecule has 1 unspecified atom stereocenters. The van der Waals surface area contributed by atoms with Gasteiger partial charge in [0.15, 0.2) is 11.5 Å². The molecule has 1 aliphatic rings. The van der Waals surface area contributed by atoms with Crippen molar-refractivity contribution in [2.75, 3.05) is 13.7 Å². The molecule has 3 aromatic rings. The van der Waals surface area contributed by atoms with Crippen LogP contribution < -0.4 is 4.74 Å². The smallest absolute Gasteiger partial charge is 0.273 e. The van der Waals surface area contributed by atoms with Gasteiger partial charge in [0.2, 0.25) is 0 Å². The Kier molecular flexibility index (Phi) is 6.38. The van der Waals surface area contributed by atoms with Gasteiger partial charge in [-0.1, -0.05) is 25.8 Å². The van der Waals surface area contributed by atoms with Crippen LogP contribution in [-0.4, -0.2) is 44.9 Å². The van der Waals surface area contributed by atoms with E-state index in [0.29, 0.717) is 33.7 Å². The molecule has 33 heavy (non-hydrogen) atoms. The molecule has 0 radical (unpaired) electrons. The number of rotatable bonds is 7. The zero-order chi connectivity index (χ0) is 23.9. The number of carbonyl (C=O) groups is 1. The van der Waals surface area contributed by atoms with Crippen LogP contribution in [0.1, 0.15) is 65.0 Å². The Morgan fingerprint density at radius 3 is 2.61 bits per heavy atom. The fraction of sp³-hybridized carbons (Fsp3) is 0.360. The van der Waals surface area contributed by atoms with Crippen LogP contribution in [0, 0.1) is 13.8 Å². The van der Waals surface area contributed by atoms with E-state index in [0.717, 1.165) is 41.5 Å². The lowest BCUT2D eigenvalue weighted by molar-refractivity contribution is 0.0740. The lowest BCUT2D eigenvalue weighted by atomic mass is 9.93. The molecule has 2 aromatic carbocycles. The van der Waals surface area contributed by atoms with Crippen molar-refractivity contribution in [3.8, 4) is 28.5 Å². The van der Waals surface area contributed by atoms with E-state index in [1.807, 2.05) is 30.9 Å². The number of hydrogen-bond acceptors (Lipinski definition) is 5. The summed E-state index contributed by atoms with van der Waals surface area (Å²) in [6.45, 7) is 6.52. The highest BCUT2D eigenvalue weighted by molar-refractivity contribution is 9.10. The third kappa shape index (κ3) is 3.97. The molecule has 1 atom stereocenters. The molecule has 7 nitrogen and oxygen atoms in total. The average Bonchev–Trinajstić information content (AvgIpc) is 3.32. The number of H-pyrrole nitrogens is 1. The largest absolute Gasteiger partial charge is 0.507 e. The molecule has 0 saturated carbocycles. The molecule has 8 heteroatoms. The number of unbranched alkanes of at least 4 members (excludes halogenated alkanes) is 2. The molecule has 0 aliphatic carbocycles. The van der Waals surface area contributed by atoms with Gasteiger partial charge in [0.05, 0.1) is 17.6 Å². The third-order valence-corrected chi connectivity index (χ3v) is 6.76. The van der Waals surface area contributed by atoms with Crippen molar-refractivity contribution in [1.29, 1.82) is 0 Å². The van der Waals surface area contributed by atoms with E-state index in [4.69, 9.17) is 4.74 Å². The highest BCUT2D eigenvalue weighted by Gasteiger charge is 2.42. The van der Waals surface area contributed by atoms with Crippen molar-refractivity contribution in [1.82, 2.24) is 15.1 Å². The Bertz CT molecular complexity index is 1220. The normalized spacial score (nSPS) is 15.2. The van der Waals surface area contributed by atoms with Crippen LogP contribution in [0.3, 0.4) is 0 Å². The molecule has 174 valence electrons. The lowest BCUT2D eigenvalue weighted by Crippen LogP contribution is -2.30. The number of carbonyl (C=O) groups excluding carboxylic acids is 1. The molecular weight excluding hydrogens is 486 g/mol. The number of ether oxygens (including phenoxy) is 1. The summed E-state index contributed by atoms with van der Waals surface area (Å²) in [5.74, 6) is 0.336. The van der Waals surface area contributed by atoms with Crippen LogP contribution >= 0.6 is 15.9 Å². The predicted octanol–water partition coefficient (Wildman–Crippen LogP) is 5.61. The fourth-order valence-electron chi connectivity index (χ4n) is 4.56. The molecular formula is C25H28BrN3O4. The van der Waals surface area contributed by atoms with Crippen LogP contribution in [0.5, 0.6) is 17.2 Å². The number of fused-ring (bicyclic) bond motifs is 1. The first-order chi connectivity index (χ1) is 15.8. The number of nitrogens with zero attached hydrogens (tertiary/aromatic N) is 2. The minimum atomic E-state index is -0.441. The number of aromatic amines is 1. The number of benzene rings is 2. The number of methoxy groups -OCH3 is 1. The quantitative estimate of drug-likeness (QED) is 0.356. The van der Waals surface area contributed by atoms with Crippen molar-refractivity contribution in [2.24, 2.45) is 0 Å². The first-order valence-electron chi connectivity index (χ1n) is 11.0. The molecule has 0 saturated heterocycles. The van der Waals surface area contributed by atoms with Crippen molar-refractivity contribution in [3.63, 3.8) is 0 Å². The van der Waals surface area contributed by atoms with Gasteiger partial charge in [-0.05, 0) is 71.1 Å². The van der Waals surface area contributed by atoms with E-state index in [-0.39, 0.29) is 17.4 Å². The SMILES string of the molecule is CCCCCN1C(=O)c2[nH]nc(-c3cc(C)cc(C)c3O)c2C1c1cc(Br)c(O)c(OC)c1. The second-order valence-corrected chi connectivity index (χ2v) is 9.35. The van der Waals surface area contributed by atoms with Gasteiger partial charge in [-0.3, -0.25) is 9.89 Å². The van der Waals surface area contributed by atoms with Crippen molar-refractivity contribution < 1.29 is 19.7 Å². The Morgan fingerprint density at radius 2 is 1.91 bits per heavy atom. The van der Waals surface area contributed by atoms with Crippen molar-refractivity contribution in [2.45, 2.75) is 46.1 Å². The van der Waals surface area contributed by atoms with Crippen LogP contribution in [0.4, 0.5) is 0 Å². The first kappa shape index (κ1) is 23.2. The molecule has 1 aromatic heterocycles. The molecule has 2 heterocycles. The van der Waals surface area contributed by atoms with E-state index < -0.39 is 6.04 Å². The molecule has 0 fully saturated rings. The van der Waals surface area contributed by atoms with Gasteiger partial charge in [-0.25, -0.2) is 0 Å². The Balaban J connectivity index is 1.93. The molecule has 1 amide bonds. The van der Waals surface area contributed by atoms with Crippen LogP contribution in [0.15, 0.2) is 28.7 Å². The Labute approximate surface area is 201 Å². The number of hydrogen-bond donors (Lipinski definition) is 3. The van der Waals surface area contributed by atoms with E-state index >= 15 is 0 Å². The summed E-state index contributed by atoms with van der Waals surface area (Å²) in [5, 5.41) is 28.6. The van der Waals surface area contributed by atoms with Crippen molar-refractivity contribution >= 4 is 21.8 Å². The summed E-state index contributed by atoms with van der Waals surface area (Å²) in [4.78, 5) is 15.3. The van der Waals surface area contributed by atoms with Gasteiger partial charge in [0.1, 0.15) is 17.1 Å². The minimum absolute atomic E-state index is 0.00250. The second kappa shape index (κ2) is 9.09. The third-order valence-electron chi connectivity index (χ3n) is 6.15. The molecule has 3 N–H and O–H groups in total.